The predicted octanol–water partition coefficient (Wildman–Crippen LogP) is -2.79. The molecule has 0 aromatic carbocycles. The summed E-state index contributed by atoms with van der Waals surface area (Å²) < 4.78 is 4.87. The summed E-state index contributed by atoms with van der Waals surface area (Å²) in [6.45, 7) is 0. The van der Waals surface area contributed by atoms with Crippen LogP contribution in [0.3, 0.4) is 0 Å². The van der Waals surface area contributed by atoms with Crippen molar-refractivity contribution in [2.45, 2.75) is 36.6 Å². The van der Waals surface area contributed by atoms with Crippen molar-refractivity contribution in [2.24, 2.45) is 0 Å². The molecular weight excluding hydrogens is 152 g/mol. The van der Waals surface area contributed by atoms with Gasteiger partial charge in [0.2, 0.25) is 0 Å². The molecule has 0 aromatic heterocycles. The third-order valence-electron chi connectivity index (χ3n) is 2.36. The first-order valence-corrected chi connectivity index (χ1v) is 3.50. The van der Waals surface area contributed by atoms with Crippen molar-refractivity contribution in [3.8, 4) is 0 Å². The molecule has 11 heavy (non-hydrogen) atoms. The van der Waals surface area contributed by atoms with Crippen molar-refractivity contribution in [2.75, 3.05) is 0 Å². The molecule has 0 spiro atoms. The Labute approximate surface area is 62.8 Å². The number of hydrogen-bond donors (Lipinski definition) is 4. The van der Waals surface area contributed by atoms with Crippen LogP contribution in [0.5, 0.6) is 0 Å². The van der Waals surface area contributed by atoms with Crippen LogP contribution in [-0.4, -0.2) is 57.0 Å². The van der Waals surface area contributed by atoms with E-state index in [1.807, 2.05) is 0 Å². The number of rotatable bonds is 0. The summed E-state index contributed by atoms with van der Waals surface area (Å²) in [4.78, 5) is 0. The minimum absolute atomic E-state index is 0.724. The fourth-order valence-corrected chi connectivity index (χ4v) is 1.60. The van der Waals surface area contributed by atoms with Crippen molar-refractivity contribution < 1.29 is 25.2 Å². The highest BCUT2D eigenvalue weighted by atomic mass is 16.6. The second-order valence-electron chi connectivity index (χ2n) is 3.03. The topological polar surface area (TPSA) is 90.2 Å². The Morgan fingerprint density at radius 2 is 1.09 bits per heavy atom. The van der Waals surface area contributed by atoms with E-state index in [1.54, 1.807) is 0 Å². The maximum Gasteiger partial charge on any atom is 0.115 e. The summed E-state index contributed by atoms with van der Waals surface area (Å²) in [7, 11) is 0. The van der Waals surface area contributed by atoms with E-state index in [0.29, 0.717) is 0 Å². The summed E-state index contributed by atoms with van der Waals surface area (Å²) >= 11 is 0. The SMILES string of the molecule is OC1[C@@H](O)C2O[C@@H](C2O)[C@H]1O. The van der Waals surface area contributed by atoms with Gasteiger partial charge in [0.1, 0.15) is 36.6 Å². The molecule has 0 aromatic rings. The zero-order chi connectivity index (χ0) is 8.17. The molecule has 0 amide bonds. The maximum absolute atomic E-state index is 9.13. The molecule has 6 atom stereocenters. The van der Waals surface area contributed by atoms with Gasteiger partial charge in [-0.2, -0.15) is 0 Å². The lowest BCUT2D eigenvalue weighted by Gasteiger charge is -2.53. The third kappa shape index (κ3) is 0.771. The molecule has 3 aliphatic rings. The lowest BCUT2D eigenvalue weighted by atomic mass is 9.79. The van der Waals surface area contributed by atoms with E-state index in [2.05, 4.69) is 0 Å². The number of ether oxygens (including phenoxy) is 1. The Hall–Kier alpha value is -0.200. The van der Waals surface area contributed by atoms with Crippen molar-refractivity contribution >= 4 is 0 Å². The molecule has 2 saturated heterocycles. The predicted molar refractivity (Wildman–Crippen MR) is 32.7 cm³/mol. The Morgan fingerprint density at radius 3 is 1.45 bits per heavy atom. The lowest BCUT2D eigenvalue weighted by Crippen LogP contribution is -2.74. The zero-order valence-electron chi connectivity index (χ0n) is 5.66. The summed E-state index contributed by atoms with van der Waals surface area (Å²) in [5.41, 5.74) is 0. The molecule has 4 N–H and O–H groups in total. The fraction of sp³-hybridized carbons (Fsp3) is 1.00. The minimum atomic E-state index is -1.19. The van der Waals surface area contributed by atoms with E-state index < -0.39 is 36.6 Å². The Balaban J connectivity index is 2.15. The number of aliphatic hydroxyl groups excluding tert-OH is 4. The van der Waals surface area contributed by atoms with Crippen LogP contribution >= 0.6 is 0 Å². The molecule has 3 rings (SSSR count). The molecule has 2 aliphatic heterocycles. The number of aliphatic hydroxyl groups is 4. The van der Waals surface area contributed by atoms with E-state index in [-0.39, 0.29) is 0 Å². The van der Waals surface area contributed by atoms with Gasteiger partial charge in [-0.25, -0.2) is 0 Å². The van der Waals surface area contributed by atoms with Crippen molar-refractivity contribution in [1.29, 1.82) is 0 Å². The van der Waals surface area contributed by atoms with Crippen LogP contribution in [0.25, 0.3) is 0 Å². The molecule has 0 radical (unpaired) electrons. The van der Waals surface area contributed by atoms with Gasteiger partial charge in [-0.3, -0.25) is 0 Å². The van der Waals surface area contributed by atoms with E-state index in [0.717, 1.165) is 0 Å². The molecule has 5 nitrogen and oxygen atoms in total. The smallest absolute Gasteiger partial charge is 0.115 e. The molecule has 3 fully saturated rings. The minimum Gasteiger partial charge on any atom is -0.387 e. The van der Waals surface area contributed by atoms with Crippen molar-refractivity contribution in [3.05, 3.63) is 0 Å². The van der Waals surface area contributed by atoms with E-state index in [1.165, 1.54) is 0 Å². The van der Waals surface area contributed by atoms with Crippen LogP contribution in [0.2, 0.25) is 0 Å². The van der Waals surface area contributed by atoms with Gasteiger partial charge in [-0.05, 0) is 0 Å². The van der Waals surface area contributed by atoms with Gasteiger partial charge >= 0.3 is 0 Å². The first-order chi connectivity index (χ1) is 5.13. The molecule has 1 aliphatic carbocycles. The summed E-state index contributed by atoms with van der Waals surface area (Å²) in [6.07, 6.45) is -5.84. The van der Waals surface area contributed by atoms with Crippen LogP contribution in [-0.2, 0) is 4.74 Å². The van der Waals surface area contributed by atoms with Crippen LogP contribution in [0.1, 0.15) is 0 Å². The highest BCUT2D eigenvalue weighted by molar-refractivity contribution is 5.07. The first-order valence-electron chi connectivity index (χ1n) is 3.50. The van der Waals surface area contributed by atoms with Crippen molar-refractivity contribution in [3.63, 3.8) is 0 Å². The molecule has 2 heterocycles. The maximum atomic E-state index is 9.13. The highest BCUT2D eigenvalue weighted by Crippen LogP contribution is 2.35. The van der Waals surface area contributed by atoms with E-state index in [4.69, 9.17) is 25.2 Å². The Bertz CT molecular complexity index is 152. The van der Waals surface area contributed by atoms with Crippen LogP contribution in [0.15, 0.2) is 0 Å². The van der Waals surface area contributed by atoms with Gasteiger partial charge < -0.3 is 25.2 Å². The average molecular weight is 162 g/mol. The van der Waals surface area contributed by atoms with Gasteiger partial charge in [0, 0.05) is 0 Å². The average Bonchev–Trinajstić information content (AvgIpc) is 1.97. The quantitative estimate of drug-likeness (QED) is 0.309. The van der Waals surface area contributed by atoms with E-state index >= 15 is 0 Å². The molecule has 1 saturated carbocycles. The fourth-order valence-electron chi connectivity index (χ4n) is 1.60. The van der Waals surface area contributed by atoms with Gasteiger partial charge in [0.05, 0.1) is 0 Å². The molecular formula is C6H10O5. The lowest BCUT2D eigenvalue weighted by molar-refractivity contribution is -0.339. The number of fused-ring (bicyclic) bond motifs is 2. The van der Waals surface area contributed by atoms with Gasteiger partial charge in [0.15, 0.2) is 0 Å². The van der Waals surface area contributed by atoms with Crippen LogP contribution < -0.4 is 0 Å². The normalized spacial score (nSPS) is 62.2. The second-order valence-corrected chi connectivity index (χ2v) is 3.03. The van der Waals surface area contributed by atoms with Gasteiger partial charge in [0.25, 0.3) is 0 Å². The van der Waals surface area contributed by atoms with Gasteiger partial charge in [-0.15, -0.1) is 0 Å². The van der Waals surface area contributed by atoms with Crippen LogP contribution in [0, 0.1) is 0 Å². The third-order valence-corrected chi connectivity index (χ3v) is 2.36. The van der Waals surface area contributed by atoms with Gasteiger partial charge in [-0.1, -0.05) is 0 Å². The molecule has 3 unspecified atom stereocenters. The van der Waals surface area contributed by atoms with Crippen LogP contribution in [0.4, 0.5) is 0 Å². The summed E-state index contributed by atoms with van der Waals surface area (Å²) in [6, 6.07) is 0. The number of hydrogen-bond acceptors (Lipinski definition) is 5. The zero-order valence-corrected chi connectivity index (χ0v) is 5.66. The largest absolute Gasteiger partial charge is 0.387 e. The first kappa shape index (κ1) is 7.45. The standard InChI is InChI=1S/C6H10O5/c7-1-2(8)5-4(10)6(11-5)3(1)9/h1-10H/t1?,2-,3+,4?,5+,6?/m0/s1. The summed E-state index contributed by atoms with van der Waals surface area (Å²) in [5, 5.41) is 36.5. The molecule has 5 heteroatoms. The Morgan fingerprint density at radius 1 is 0.636 bits per heavy atom. The monoisotopic (exact) mass is 162 g/mol. The molecule has 2 bridgehead atoms. The van der Waals surface area contributed by atoms with E-state index in [9.17, 15) is 0 Å². The highest BCUT2D eigenvalue weighted by Gasteiger charge is 2.58. The summed E-state index contributed by atoms with van der Waals surface area (Å²) in [5.74, 6) is 0. The van der Waals surface area contributed by atoms with Crippen molar-refractivity contribution in [1.82, 2.24) is 0 Å². The molecule has 64 valence electrons. The second kappa shape index (κ2) is 2.15. The Kier molecular flexibility index (Phi) is 1.45.